The molecular weight excluding hydrogens is 318 g/mol. The number of aromatic nitrogens is 1. The number of esters is 1. The Bertz CT molecular complexity index is 797. The summed E-state index contributed by atoms with van der Waals surface area (Å²) in [6.07, 6.45) is 3.55. The van der Waals surface area contributed by atoms with Crippen LogP contribution in [-0.2, 0) is 9.53 Å². The number of ether oxygens (including phenoxy) is 1. The molecule has 1 aromatic carbocycles. The molecule has 1 aliphatic rings. The van der Waals surface area contributed by atoms with Crippen molar-refractivity contribution in [3.05, 3.63) is 29.5 Å². The second kappa shape index (κ2) is 7.27. The van der Waals surface area contributed by atoms with E-state index in [0.717, 1.165) is 35.9 Å². The van der Waals surface area contributed by atoms with Crippen LogP contribution in [0.2, 0.25) is 0 Å². The van der Waals surface area contributed by atoms with Crippen LogP contribution in [-0.4, -0.2) is 43.1 Å². The van der Waals surface area contributed by atoms with Gasteiger partial charge < -0.3 is 19.9 Å². The number of likely N-dealkylation sites (tertiary alicyclic amines) is 1. The summed E-state index contributed by atoms with van der Waals surface area (Å²) in [5.41, 5.74) is 2.63. The quantitative estimate of drug-likeness (QED) is 0.739. The number of quaternary nitrogens is 1. The third kappa shape index (κ3) is 3.54. The van der Waals surface area contributed by atoms with Crippen LogP contribution in [0.15, 0.2) is 18.2 Å². The van der Waals surface area contributed by atoms with Gasteiger partial charge >= 0.3 is 5.97 Å². The van der Waals surface area contributed by atoms with Gasteiger partial charge in [0.1, 0.15) is 5.69 Å². The predicted octanol–water partition coefficient (Wildman–Crippen LogP) is 1.66. The second-order valence-electron chi connectivity index (χ2n) is 6.89. The third-order valence-corrected chi connectivity index (χ3v) is 5.16. The Morgan fingerprint density at radius 2 is 2.16 bits per heavy atom. The van der Waals surface area contributed by atoms with Crippen molar-refractivity contribution in [2.24, 2.45) is 0 Å². The number of hydrogen-bond donors (Lipinski definition) is 3. The van der Waals surface area contributed by atoms with Crippen molar-refractivity contribution in [2.45, 2.75) is 39.2 Å². The molecular formula is C19H26N3O3+. The highest BCUT2D eigenvalue weighted by atomic mass is 16.5. The fourth-order valence-corrected chi connectivity index (χ4v) is 3.71. The first-order valence-corrected chi connectivity index (χ1v) is 8.85. The van der Waals surface area contributed by atoms with Crippen LogP contribution in [0.3, 0.4) is 0 Å². The van der Waals surface area contributed by atoms with E-state index in [-0.39, 0.29) is 5.91 Å². The lowest BCUT2D eigenvalue weighted by molar-refractivity contribution is -0.920. The smallest absolute Gasteiger partial charge is 0.356 e. The summed E-state index contributed by atoms with van der Waals surface area (Å²) in [5, 5.41) is 3.82. The molecule has 6 heteroatoms. The first kappa shape index (κ1) is 17.5. The zero-order chi connectivity index (χ0) is 18.0. The van der Waals surface area contributed by atoms with Gasteiger partial charge in [-0.1, -0.05) is 12.1 Å². The Morgan fingerprint density at radius 1 is 1.36 bits per heavy atom. The van der Waals surface area contributed by atoms with Crippen LogP contribution in [0.25, 0.3) is 10.9 Å². The van der Waals surface area contributed by atoms with Gasteiger partial charge in [0.15, 0.2) is 6.54 Å². The van der Waals surface area contributed by atoms with Gasteiger partial charge in [-0.05, 0) is 44.7 Å². The number of piperidine rings is 1. The fourth-order valence-electron chi connectivity index (χ4n) is 3.71. The van der Waals surface area contributed by atoms with Crippen LogP contribution < -0.4 is 10.2 Å². The second-order valence-corrected chi connectivity index (χ2v) is 6.89. The van der Waals surface area contributed by atoms with Gasteiger partial charge in [-0.15, -0.1) is 0 Å². The molecule has 0 saturated carbocycles. The maximum absolute atomic E-state index is 12.6. The molecule has 0 aliphatic carbocycles. The maximum Gasteiger partial charge on any atom is 0.356 e. The molecule has 3 rings (SSSR count). The first-order chi connectivity index (χ1) is 12.0. The number of H-pyrrole nitrogens is 1. The van der Waals surface area contributed by atoms with E-state index in [1.165, 1.54) is 18.4 Å². The van der Waals surface area contributed by atoms with Gasteiger partial charge in [-0.25, -0.2) is 4.79 Å². The van der Waals surface area contributed by atoms with Gasteiger partial charge in [-0.3, -0.25) is 4.79 Å². The Balaban J connectivity index is 1.88. The Kier molecular flexibility index (Phi) is 5.08. The fraction of sp³-hybridized carbons (Fsp3) is 0.474. The molecule has 2 heterocycles. The number of benzene rings is 1. The zero-order valence-corrected chi connectivity index (χ0v) is 15.1. The van der Waals surface area contributed by atoms with Crippen molar-refractivity contribution in [3.63, 3.8) is 0 Å². The highest BCUT2D eigenvalue weighted by Crippen LogP contribution is 2.31. The molecule has 1 aliphatic heterocycles. The van der Waals surface area contributed by atoms with Crippen molar-refractivity contribution >= 4 is 28.5 Å². The molecule has 25 heavy (non-hydrogen) atoms. The van der Waals surface area contributed by atoms with Crippen LogP contribution in [0.5, 0.6) is 0 Å². The highest BCUT2D eigenvalue weighted by molar-refractivity contribution is 6.12. The Morgan fingerprint density at radius 3 is 2.88 bits per heavy atom. The number of aryl methyl sites for hydroxylation is 1. The number of fused-ring (bicyclic) bond motifs is 1. The number of methoxy groups -OCH3 is 1. The summed E-state index contributed by atoms with van der Waals surface area (Å²) >= 11 is 0. The van der Waals surface area contributed by atoms with Crippen molar-refractivity contribution < 1.29 is 19.2 Å². The van der Waals surface area contributed by atoms with Crippen molar-refractivity contribution in [1.82, 2.24) is 4.98 Å². The summed E-state index contributed by atoms with van der Waals surface area (Å²) in [6.45, 7) is 5.59. The van der Waals surface area contributed by atoms with Gasteiger partial charge in [0, 0.05) is 10.9 Å². The SMILES string of the molecule is COC(=O)c1[nH]c2cccc(C)c2c1NC(=O)C[NH+]1CCCC[C@H]1C. The molecule has 1 saturated heterocycles. The number of carbonyl (C=O) groups excluding carboxylic acids is 2. The third-order valence-electron chi connectivity index (χ3n) is 5.16. The van der Waals surface area contributed by atoms with E-state index >= 15 is 0 Å². The highest BCUT2D eigenvalue weighted by Gasteiger charge is 2.26. The van der Waals surface area contributed by atoms with Crippen molar-refractivity contribution in [1.29, 1.82) is 0 Å². The van der Waals surface area contributed by atoms with E-state index in [2.05, 4.69) is 17.2 Å². The number of rotatable bonds is 4. The Labute approximate surface area is 147 Å². The first-order valence-electron chi connectivity index (χ1n) is 8.85. The van der Waals surface area contributed by atoms with E-state index < -0.39 is 5.97 Å². The Hall–Kier alpha value is -2.34. The summed E-state index contributed by atoms with van der Waals surface area (Å²) in [5.74, 6) is -0.553. The predicted molar refractivity (Wildman–Crippen MR) is 97.0 cm³/mol. The van der Waals surface area contributed by atoms with E-state index in [9.17, 15) is 9.59 Å². The molecule has 0 spiro atoms. The minimum Gasteiger partial charge on any atom is -0.464 e. The van der Waals surface area contributed by atoms with E-state index in [0.29, 0.717) is 24.0 Å². The molecule has 0 bridgehead atoms. The molecule has 1 unspecified atom stereocenters. The number of amides is 1. The molecule has 134 valence electrons. The van der Waals surface area contributed by atoms with Crippen molar-refractivity contribution in [3.8, 4) is 0 Å². The average molecular weight is 344 g/mol. The number of nitrogens with one attached hydrogen (secondary N) is 3. The maximum atomic E-state index is 12.6. The minimum absolute atomic E-state index is 0.0712. The molecule has 3 N–H and O–H groups in total. The average Bonchev–Trinajstić information content (AvgIpc) is 2.96. The molecule has 1 fully saturated rings. The standard InChI is InChI=1S/C19H25N3O3/c1-12-7-6-9-14-16(12)17(18(20-14)19(24)25-3)21-15(23)11-22-10-5-4-8-13(22)2/h6-7,9,13,20H,4-5,8,10-11H2,1-3H3,(H,21,23)/p+1/t13-/m1/s1. The van der Waals surface area contributed by atoms with Crippen molar-refractivity contribution in [2.75, 3.05) is 25.5 Å². The molecule has 1 aromatic heterocycles. The normalized spacial score (nSPS) is 20.4. The lowest BCUT2D eigenvalue weighted by Crippen LogP contribution is -3.17. The molecule has 2 atom stereocenters. The van der Waals surface area contributed by atoms with Crippen LogP contribution in [0.4, 0.5) is 5.69 Å². The summed E-state index contributed by atoms with van der Waals surface area (Å²) < 4.78 is 4.87. The molecule has 0 radical (unpaired) electrons. The monoisotopic (exact) mass is 344 g/mol. The molecule has 6 nitrogen and oxygen atoms in total. The van der Waals surface area contributed by atoms with Gasteiger partial charge in [0.25, 0.3) is 5.91 Å². The topological polar surface area (TPSA) is 75.6 Å². The summed E-state index contributed by atoms with van der Waals surface area (Å²) in [7, 11) is 1.34. The molecule has 2 aromatic rings. The van der Waals surface area contributed by atoms with Gasteiger partial charge in [0.05, 0.1) is 25.4 Å². The minimum atomic E-state index is -0.482. The zero-order valence-electron chi connectivity index (χ0n) is 15.1. The van der Waals surface area contributed by atoms with Gasteiger partial charge in [0.2, 0.25) is 0 Å². The van der Waals surface area contributed by atoms with Crippen LogP contribution >= 0.6 is 0 Å². The van der Waals surface area contributed by atoms with Crippen LogP contribution in [0.1, 0.15) is 42.2 Å². The largest absolute Gasteiger partial charge is 0.464 e. The van der Waals surface area contributed by atoms with E-state index in [4.69, 9.17) is 4.74 Å². The summed E-state index contributed by atoms with van der Waals surface area (Å²) in [4.78, 5) is 29.2. The summed E-state index contributed by atoms with van der Waals surface area (Å²) in [6, 6.07) is 6.26. The number of anilines is 1. The number of hydrogen-bond acceptors (Lipinski definition) is 3. The van der Waals surface area contributed by atoms with Gasteiger partial charge in [-0.2, -0.15) is 0 Å². The number of aromatic amines is 1. The van der Waals surface area contributed by atoms with E-state index in [1.807, 2.05) is 25.1 Å². The van der Waals surface area contributed by atoms with E-state index in [1.54, 1.807) is 0 Å². The lowest BCUT2D eigenvalue weighted by Gasteiger charge is -2.29. The number of carbonyl (C=O) groups is 2. The van der Waals surface area contributed by atoms with Crippen LogP contribution in [0, 0.1) is 6.92 Å². The lowest BCUT2D eigenvalue weighted by atomic mass is 10.0. The molecule has 1 amide bonds.